The molecule has 0 spiro atoms. The molecule has 0 saturated heterocycles. The van der Waals surface area contributed by atoms with E-state index >= 15 is 0 Å². The van der Waals surface area contributed by atoms with Gasteiger partial charge in [0.2, 0.25) is 0 Å². The summed E-state index contributed by atoms with van der Waals surface area (Å²) in [6.45, 7) is 0.787. The maximum atomic E-state index is 11.2. The van der Waals surface area contributed by atoms with Crippen LogP contribution in [0.1, 0.15) is 11.7 Å². The summed E-state index contributed by atoms with van der Waals surface area (Å²) in [5, 5.41) is 0. The van der Waals surface area contributed by atoms with Gasteiger partial charge in [-0.1, -0.05) is 30.3 Å². The number of benzene rings is 1. The minimum Gasteiger partial charge on any atom is -0.382 e. The molecule has 82 valence electrons. The first-order chi connectivity index (χ1) is 7.25. The van der Waals surface area contributed by atoms with E-state index in [9.17, 15) is 4.79 Å². The number of ether oxygens (including phenoxy) is 2. The molecule has 1 atom stereocenters. The number of hydrogen-bond donors (Lipinski definition) is 1. The zero-order valence-electron chi connectivity index (χ0n) is 8.68. The van der Waals surface area contributed by atoms with Crippen molar-refractivity contribution in [3.63, 3.8) is 0 Å². The molecule has 0 aromatic heterocycles. The largest absolute Gasteiger partial charge is 0.382 e. The molecule has 15 heavy (non-hydrogen) atoms. The lowest BCUT2D eigenvalue weighted by Gasteiger charge is -2.14. The molecular weight excluding hydrogens is 194 g/mol. The Morgan fingerprint density at radius 3 is 2.53 bits per heavy atom. The fourth-order valence-electron chi connectivity index (χ4n) is 1.22. The van der Waals surface area contributed by atoms with Crippen LogP contribution < -0.4 is 5.73 Å². The summed E-state index contributed by atoms with van der Waals surface area (Å²) in [4.78, 5) is 11.2. The smallest absolute Gasteiger partial charge is 0.251 e. The van der Waals surface area contributed by atoms with E-state index in [0.717, 1.165) is 5.56 Å². The summed E-state index contributed by atoms with van der Waals surface area (Å²) in [7, 11) is 1.57. The van der Waals surface area contributed by atoms with Crippen molar-refractivity contribution in [2.75, 3.05) is 20.3 Å². The monoisotopic (exact) mass is 209 g/mol. The molecule has 1 aromatic carbocycles. The molecule has 0 fully saturated rings. The van der Waals surface area contributed by atoms with Crippen LogP contribution in [0.4, 0.5) is 0 Å². The summed E-state index contributed by atoms with van der Waals surface area (Å²) in [5.74, 6) is -0.489. The highest BCUT2D eigenvalue weighted by Gasteiger charge is 2.17. The van der Waals surface area contributed by atoms with Crippen molar-refractivity contribution in [1.29, 1.82) is 0 Å². The molecule has 0 bridgehead atoms. The molecule has 2 N–H and O–H groups in total. The van der Waals surface area contributed by atoms with Crippen LogP contribution in [-0.4, -0.2) is 26.2 Å². The van der Waals surface area contributed by atoms with E-state index in [1.165, 1.54) is 0 Å². The van der Waals surface area contributed by atoms with Gasteiger partial charge < -0.3 is 15.2 Å². The molecule has 0 aliphatic rings. The molecule has 1 aromatic rings. The van der Waals surface area contributed by atoms with Gasteiger partial charge in [-0.25, -0.2) is 0 Å². The van der Waals surface area contributed by atoms with Crippen LogP contribution in [0.2, 0.25) is 0 Å². The Hall–Kier alpha value is -1.39. The van der Waals surface area contributed by atoms with Crippen molar-refractivity contribution >= 4 is 5.91 Å². The van der Waals surface area contributed by atoms with E-state index in [2.05, 4.69) is 0 Å². The summed E-state index contributed by atoms with van der Waals surface area (Å²) in [6.07, 6.45) is -0.693. The average Bonchev–Trinajstić information content (AvgIpc) is 2.25. The van der Waals surface area contributed by atoms with Gasteiger partial charge in [0.05, 0.1) is 13.2 Å². The third kappa shape index (κ3) is 3.69. The number of primary amides is 1. The van der Waals surface area contributed by atoms with Gasteiger partial charge in [0.15, 0.2) is 6.10 Å². The van der Waals surface area contributed by atoms with Gasteiger partial charge in [0.1, 0.15) is 0 Å². The molecular formula is C11H15NO3. The first-order valence-electron chi connectivity index (χ1n) is 4.70. The Bertz CT molecular complexity index is 300. The van der Waals surface area contributed by atoms with Crippen molar-refractivity contribution in [1.82, 2.24) is 0 Å². The first kappa shape index (κ1) is 11.7. The lowest BCUT2D eigenvalue weighted by Crippen LogP contribution is -2.25. The Morgan fingerprint density at radius 2 is 2.00 bits per heavy atom. The van der Waals surface area contributed by atoms with Crippen molar-refractivity contribution in [2.24, 2.45) is 5.73 Å². The molecule has 0 saturated carbocycles. The summed E-state index contributed by atoms with van der Waals surface area (Å²) in [6, 6.07) is 9.16. The van der Waals surface area contributed by atoms with Gasteiger partial charge in [-0.15, -0.1) is 0 Å². The Balaban J connectivity index is 2.62. The Morgan fingerprint density at radius 1 is 1.33 bits per heavy atom. The lowest BCUT2D eigenvalue weighted by molar-refractivity contribution is -0.130. The third-order valence-electron chi connectivity index (χ3n) is 1.93. The van der Waals surface area contributed by atoms with Crippen LogP contribution in [0.25, 0.3) is 0 Å². The summed E-state index contributed by atoms with van der Waals surface area (Å²) < 4.78 is 10.2. The highest BCUT2D eigenvalue weighted by Crippen LogP contribution is 2.15. The number of amides is 1. The highest BCUT2D eigenvalue weighted by atomic mass is 16.5. The van der Waals surface area contributed by atoms with Crippen LogP contribution in [0.5, 0.6) is 0 Å². The maximum absolute atomic E-state index is 11.2. The maximum Gasteiger partial charge on any atom is 0.251 e. The number of nitrogens with two attached hydrogens (primary N) is 1. The van der Waals surface area contributed by atoms with Gasteiger partial charge in [-0.2, -0.15) is 0 Å². The second-order valence-corrected chi connectivity index (χ2v) is 3.06. The van der Waals surface area contributed by atoms with Crippen LogP contribution in [0.15, 0.2) is 30.3 Å². The van der Waals surface area contributed by atoms with E-state index in [4.69, 9.17) is 15.2 Å². The van der Waals surface area contributed by atoms with E-state index in [0.29, 0.717) is 13.2 Å². The first-order valence-corrected chi connectivity index (χ1v) is 4.70. The minimum atomic E-state index is -0.693. The molecule has 0 aliphatic heterocycles. The zero-order valence-corrected chi connectivity index (χ0v) is 8.68. The van der Waals surface area contributed by atoms with Gasteiger partial charge in [0.25, 0.3) is 5.91 Å². The molecule has 0 radical (unpaired) electrons. The van der Waals surface area contributed by atoms with Gasteiger partial charge in [-0.3, -0.25) is 4.79 Å². The van der Waals surface area contributed by atoms with Crippen molar-refractivity contribution < 1.29 is 14.3 Å². The molecule has 0 aliphatic carbocycles. The second kappa shape index (κ2) is 6.16. The molecule has 0 heterocycles. The average molecular weight is 209 g/mol. The molecule has 1 rings (SSSR count). The normalized spacial score (nSPS) is 12.3. The standard InChI is InChI=1S/C11H15NO3/c1-14-7-8-15-10(11(12)13)9-5-3-2-4-6-9/h2-6,10H,7-8H2,1H3,(H2,12,13). The lowest BCUT2D eigenvalue weighted by atomic mass is 10.1. The van der Waals surface area contributed by atoms with Crippen molar-refractivity contribution in [2.45, 2.75) is 6.10 Å². The van der Waals surface area contributed by atoms with E-state index in [-0.39, 0.29) is 0 Å². The Labute approximate surface area is 89.0 Å². The zero-order chi connectivity index (χ0) is 11.1. The predicted octanol–water partition coefficient (Wildman–Crippen LogP) is 0.876. The SMILES string of the molecule is COCCOC(C(N)=O)c1ccccc1. The predicted molar refractivity (Wildman–Crippen MR) is 56.2 cm³/mol. The minimum absolute atomic E-state index is 0.346. The number of carbonyl (C=O) groups is 1. The van der Waals surface area contributed by atoms with E-state index in [1.54, 1.807) is 7.11 Å². The van der Waals surface area contributed by atoms with Crippen LogP contribution in [0.3, 0.4) is 0 Å². The number of carbonyl (C=O) groups excluding carboxylic acids is 1. The number of rotatable bonds is 6. The summed E-state index contributed by atoms with van der Waals surface area (Å²) in [5.41, 5.74) is 6.01. The van der Waals surface area contributed by atoms with Crippen molar-refractivity contribution in [3.05, 3.63) is 35.9 Å². The third-order valence-corrected chi connectivity index (χ3v) is 1.93. The second-order valence-electron chi connectivity index (χ2n) is 3.06. The van der Waals surface area contributed by atoms with E-state index in [1.807, 2.05) is 30.3 Å². The molecule has 1 unspecified atom stereocenters. The molecule has 4 heteroatoms. The van der Waals surface area contributed by atoms with Crippen LogP contribution >= 0.6 is 0 Å². The van der Waals surface area contributed by atoms with Crippen LogP contribution in [0, 0.1) is 0 Å². The van der Waals surface area contributed by atoms with Gasteiger partial charge in [-0.05, 0) is 5.56 Å². The van der Waals surface area contributed by atoms with E-state index < -0.39 is 12.0 Å². The highest BCUT2D eigenvalue weighted by molar-refractivity contribution is 5.80. The van der Waals surface area contributed by atoms with Gasteiger partial charge >= 0.3 is 0 Å². The Kier molecular flexibility index (Phi) is 4.80. The summed E-state index contributed by atoms with van der Waals surface area (Å²) >= 11 is 0. The molecule has 4 nitrogen and oxygen atoms in total. The molecule has 1 amide bonds. The fourth-order valence-corrected chi connectivity index (χ4v) is 1.22. The van der Waals surface area contributed by atoms with Crippen molar-refractivity contribution in [3.8, 4) is 0 Å². The topological polar surface area (TPSA) is 61.6 Å². The van der Waals surface area contributed by atoms with Crippen LogP contribution in [-0.2, 0) is 14.3 Å². The number of methoxy groups -OCH3 is 1. The quantitative estimate of drug-likeness (QED) is 0.707. The van der Waals surface area contributed by atoms with Gasteiger partial charge in [0, 0.05) is 7.11 Å². The number of hydrogen-bond acceptors (Lipinski definition) is 3. The fraction of sp³-hybridized carbons (Fsp3) is 0.364.